The summed E-state index contributed by atoms with van der Waals surface area (Å²) in [6.45, 7) is 6.22. The van der Waals surface area contributed by atoms with Crippen molar-refractivity contribution in [1.82, 2.24) is 19.7 Å². The van der Waals surface area contributed by atoms with Gasteiger partial charge in [0.15, 0.2) is 0 Å². The number of hydrogen-bond donors (Lipinski definition) is 1. The lowest BCUT2D eigenvalue weighted by molar-refractivity contribution is -0.124. The van der Waals surface area contributed by atoms with Crippen molar-refractivity contribution in [1.29, 1.82) is 0 Å². The van der Waals surface area contributed by atoms with Crippen molar-refractivity contribution < 1.29 is 9.53 Å². The zero-order valence-electron chi connectivity index (χ0n) is 19.3. The Kier molecular flexibility index (Phi) is 6.31. The molecule has 7 heteroatoms. The maximum Gasteiger partial charge on any atom is 0.281 e. The maximum absolute atomic E-state index is 13.3. The van der Waals surface area contributed by atoms with Gasteiger partial charge in [-0.2, -0.15) is 9.78 Å². The van der Waals surface area contributed by atoms with E-state index in [2.05, 4.69) is 10.4 Å². The molecule has 0 radical (unpaired) electrons. The van der Waals surface area contributed by atoms with Gasteiger partial charge >= 0.3 is 0 Å². The monoisotopic (exact) mass is 444 g/mol. The van der Waals surface area contributed by atoms with Crippen LogP contribution in [-0.2, 0) is 11.3 Å². The van der Waals surface area contributed by atoms with Crippen LogP contribution in [0, 0.1) is 13.8 Å². The average Bonchev–Trinajstić information content (AvgIpc) is 3.10. The number of aromatic nitrogens is 3. The molecule has 0 aliphatic carbocycles. The zero-order valence-corrected chi connectivity index (χ0v) is 19.3. The highest BCUT2D eigenvalue weighted by molar-refractivity contribution is 5.89. The Morgan fingerprint density at radius 1 is 1.06 bits per heavy atom. The summed E-state index contributed by atoms with van der Waals surface area (Å²) in [5, 5.41) is 8.79. The van der Waals surface area contributed by atoms with Crippen LogP contribution in [0.25, 0.3) is 16.5 Å². The molecule has 1 amide bonds. The van der Waals surface area contributed by atoms with Crippen LogP contribution in [0.3, 0.4) is 0 Å². The quantitative estimate of drug-likeness (QED) is 0.466. The number of carbonyl (C=O) groups is 1. The van der Waals surface area contributed by atoms with Gasteiger partial charge in [-0.25, -0.2) is 0 Å². The Labute approximate surface area is 192 Å². The average molecular weight is 445 g/mol. The van der Waals surface area contributed by atoms with Crippen molar-refractivity contribution >= 4 is 16.7 Å². The van der Waals surface area contributed by atoms with E-state index in [4.69, 9.17) is 4.74 Å². The van der Waals surface area contributed by atoms with Gasteiger partial charge in [-0.15, -0.1) is 0 Å². The smallest absolute Gasteiger partial charge is 0.281 e. The van der Waals surface area contributed by atoms with Gasteiger partial charge in [0, 0.05) is 23.3 Å². The number of fused-ring (bicyclic) bond motifs is 1. The third-order valence-corrected chi connectivity index (χ3v) is 6.08. The van der Waals surface area contributed by atoms with Crippen molar-refractivity contribution in [3.05, 3.63) is 88.1 Å². The number of carbonyl (C=O) groups excluding carboxylic acids is 1. The molecule has 0 aliphatic heterocycles. The number of amides is 1. The van der Waals surface area contributed by atoms with E-state index in [-0.39, 0.29) is 11.5 Å². The van der Waals surface area contributed by atoms with E-state index in [1.54, 1.807) is 13.3 Å². The van der Waals surface area contributed by atoms with Crippen LogP contribution in [-0.4, -0.2) is 27.4 Å². The van der Waals surface area contributed by atoms with Crippen molar-refractivity contribution in [3.63, 3.8) is 0 Å². The van der Waals surface area contributed by atoms with Crippen molar-refractivity contribution in [2.24, 2.45) is 0 Å². The van der Waals surface area contributed by atoms with E-state index in [0.29, 0.717) is 24.0 Å². The highest BCUT2D eigenvalue weighted by Crippen LogP contribution is 2.28. The van der Waals surface area contributed by atoms with Crippen molar-refractivity contribution in [2.75, 3.05) is 7.11 Å². The molecule has 0 fully saturated rings. The first-order valence-electron chi connectivity index (χ1n) is 11.0. The summed E-state index contributed by atoms with van der Waals surface area (Å²) >= 11 is 0. The SMILES string of the molecule is CC[C@@H](C(=O)NCc1ccc(OC)cc1)n1c(C)c2cnn(-c3ccccc3)c(=O)c2c1C. The molecular formula is C26H28N4O3. The minimum atomic E-state index is -0.430. The molecule has 7 nitrogen and oxygen atoms in total. The number of aryl methyl sites for hydroxylation is 2. The molecule has 1 atom stereocenters. The molecule has 0 aliphatic rings. The Morgan fingerprint density at radius 2 is 1.76 bits per heavy atom. The Hall–Kier alpha value is -3.87. The molecule has 2 aromatic carbocycles. The number of methoxy groups -OCH3 is 1. The fraction of sp³-hybridized carbons (Fsp3) is 0.269. The van der Waals surface area contributed by atoms with E-state index in [1.165, 1.54) is 4.68 Å². The van der Waals surface area contributed by atoms with E-state index >= 15 is 0 Å². The van der Waals surface area contributed by atoms with Gasteiger partial charge in [0.2, 0.25) is 5.91 Å². The molecule has 0 bridgehead atoms. The summed E-state index contributed by atoms with van der Waals surface area (Å²) in [7, 11) is 1.62. The van der Waals surface area contributed by atoms with Gasteiger partial charge in [-0.1, -0.05) is 37.3 Å². The third-order valence-electron chi connectivity index (χ3n) is 6.08. The summed E-state index contributed by atoms with van der Waals surface area (Å²) in [5.41, 5.74) is 3.13. The summed E-state index contributed by atoms with van der Waals surface area (Å²) in [6.07, 6.45) is 2.31. The maximum atomic E-state index is 13.3. The second-order valence-electron chi connectivity index (χ2n) is 8.02. The summed E-state index contributed by atoms with van der Waals surface area (Å²) in [5.74, 6) is 0.688. The highest BCUT2D eigenvalue weighted by Gasteiger charge is 2.25. The fourth-order valence-electron chi connectivity index (χ4n) is 4.34. The number of ether oxygens (including phenoxy) is 1. The molecule has 33 heavy (non-hydrogen) atoms. The summed E-state index contributed by atoms with van der Waals surface area (Å²) in [4.78, 5) is 26.5. The first-order valence-corrected chi connectivity index (χ1v) is 11.0. The van der Waals surface area contributed by atoms with E-state index in [0.717, 1.165) is 28.1 Å². The van der Waals surface area contributed by atoms with Gasteiger partial charge in [0.05, 0.1) is 24.4 Å². The van der Waals surface area contributed by atoms with Crippen LogP contribution < -0.4 is 15.6 Å². The Bertz CT molecular complexity index is 1340. The topological polar surface area (TPSA) is 78.2 Å². The first kappa shape index (κ1) is 22.3. The minimum absolute atomic E-state index is 0.0869. The van der Waals surface area contributed by atoms with Crippen LogP contribution in [0.5, 0.6) is 5.75 Å². The molecule has 170 valence electrons. The van der Waals surface area contributed by atoms with Crippen molar-refractivity contribution in [2.45, 2.75) is 39.8 Å². The van der Waals surface area contributed by atoms with E-state index < -0.39 is 6.04 Å². The van der Waals surface area contributed by atoms with E-state index in [1.807, 2.05) is 79.9 Å². The van der Waals surface area contributed by atoms with Crippen LogP contribution in [0.1, 0.15) is 36.3 Å². The normalized spacial score (nSPS) is 12.0. The fourth-order valence-corrected chi connectivity index (χ4v) is 4.34. The molecule has 1 N–H and O–H groups in total. The Balaban J connectivity index is 1.67. The first-order chi connectivity index (χ1) is 16.0. The number of hydrogen-bond acceptors (Lipinski definition) is 4. The van der Waals surface area contributed by atoms with Crippen LogP contribution in [0.15, 0.2) is 65.6 Å². The van der Waals surface area contributed by atoms with Gasteiger partial charge in [0.1, 0.15) is 11.8 Å². The third kappa shape index (κ3) is 4.14. The van der Waals surface area contributed by atoms with Crippen molar-refractivity contribution in [3.8, 4) is 11.4 Å². The summed E-state index contributed by atoms with van der Waals surface area (Å²) in [6, 6.07) is 16.5. The van der Waals surface area contributed by atoms with Gasteiger partial charge in [-0.3, -0.25) is 9.59 Å². The standard InChI is InChI=1S/C26H28N4O3/c1-5-23(25(31)27-15-19-11-13-21(33-4)14-12-19)29-17(2)22-16-28-30(20-9-7-6-8-10-20)26(32)24(22)18(29)3/h6-14,16,23H,5,15H2,1-4H3,(H,27,31)/t23-/m0/s1. The molecular weight excluding hydrogens is 416 g/mol. The zero-order chi connectivity index (χ0) is 23.5. The second-order valence-corrected chi connectivity index (χ2v) is 8.02. The minimum Gasteiger partial charge on any atom is -0.497 e. The lowest BCUT2D eigenvalue weighted by Crippen LogP contribution is -2.32. The predicted molar refractivity (Wildman–Crippen MR) is 129 cm³/mol. The molecule has 2 aromatic heterocycles. The lowest BCUT2D eigenvalue weighted by atomic mass is 10.1. The summed E-state index contributed by atoms with van der Waals surface area (Å²) < 4.78 is 8.56. The predicted octanol–water partition coefficient (Wildman–Crippen LogP) is 4.08. The van der Waals surface area contributed by atoms with Crippen LogP contribution in [0.4, 0.5) is 0 Å². The largest absolute Gasteiger partial charge is 0.497 e. The molecule has 0 saturated heterocycles. The number of nitrogens with zero attached hydrogens (tertiary/aromatic N) is 3. The molecule has 0 unspecified atom stereocenters. The Morgan fingerprint density at radius 3 is 2.39 bits per heavy atom. The molecule has 0 spiro atoms. The lowest BCUT2D eigenvalue weighted by Gasteiger charge is -2.21. The molecule has 2 heterocycles. The van der Waals surface area contributed by atoms with E-state index in [9.17, 15) is 9.59 Å². The van der Waals surface area contributed by atoms with Crippen LogP contribution >= 0.6 is 0 Å². The molecule has 4 rings (SSSR count). The molecule has 0 saturated carbocycles. The van der Waals surface area contributed by atoms with Gasteiger partial charge < -0.3 is 14.6 Å². The second kappa shape index (κ2) is 9.32. The van der Waals surface area contributed by atoms with Gasteiger partial charge in [-0.05, 0) is 50.1 Å². The van der Waals surface area contributed by atoms with Crippen LogP contribution in [0.2, 0.25) is 0 Å². The number of benzene rings is 2. The van der Waals surface area contributed by atoms with Gasteiger partial charge in [0.25, 0.3) is 5.56 Å². The number of para-hydroxylation sites is 1. The molecule has 4 aromatic rings. The highest BCUT2D eigenvalue weighted by atomic mass is 16.5. The number of nitrogens with one attached hydrogen (secondary N) is 1. The number of rotatable bonds is 7.